The molecule has 1 amide bonds. The fourth-order valence-electron chi connectivity index (χ4n) is 2.00. The van der Waals surface area contributed by atoms with Gasteiger partial charge in [-0.25, -0.2) is 0 Å². The molecule has 0 unspecified atom stereocenters. The summed E-state index contributed by atoms with van der Waals surface area (Å²) in [7, 11) is 0. The lowest BCUT2D eigenvalue weighted by atomic mass is 10.1. The van der Waals surface area contributed by atoms with Gasteiger partial charge in [0.15, 0.2) is 0 Å². The van der Waals surface area contributed by atoms with Crippen molar-refractivity contribution in [3.05, 3.63) is 52.3 Å². The molecule has 0 saturated carbocycles. The summed E-state index contributed by atoms with van der Waals surface area (Å²) in [6, 6.07) is 8.55. The average Bonchev–Trinajstić information content (AvgIpc) is 2.82. The molecule has 0 aliphatic carbocycles. The maximum absolute atomic E-state index is 12.2. The predicted octanol–water partition coefficient (Wildman–Crippen LogP) is 3.15. The molecule has 0 spiro atoms. The molecule has 2 N–H and O–H groups in total. The number of rotatable bonds is 5. The number of carbonyl (C=O) groups is 2. The third-order valence-electron chi connectivity index (χ3n) is 3.00. The van der Waals surface area contributed by atoms with E-state index < -0.39 is 5.97 Å². The number of aryl methyl sites for hydroxylation is 1. The first-order valence-electron chi connectivity index (χ1n) is 6.47. The molecule has 0 bridgehead atoms. The van der Waals surface area contributed by atoms with Crippen molar-refractivity contribution < 1.29 is 14.7 Å². The van der Waals surface area contributed by atoms with Crippen molar-refractivity contribution in [3.8, 4) is 0 Å². The second-order valence-electron chi connectivity index (χ2n) is 4.55. The molecule has 21 heavy (non-hydrogen) atoms. The van der Waals surface area contributed by atoms with Crippen molar-refractivity contribution in [2.75, 3.05) is 5.32 Å². The van der Waals surface area contributed by atoms with Gasteiger partial charge in [-0.2, -0.15) is 0 Å². The van der Waals surface area contributed by atoms with E-state index in [1.807, 2.05) is 17.7 Å². The van der Waals surface area contributed by atoms with Gasteiger partial charge in [0, 0.05) is 22.9 Å². The van der Waals surface area contributed by atoms with Crippen LogP contribution < -0.4 is 5.32 Å². The monoisotopic (exact) mass is 350 g/mol. The third-order valence-corrected chi connectivity index (χ3v) is 3.44. The molecule has 110 valence electrons. The van der Waals surface area contributed by atoms with Crippen molar-refractivity contribution in [2.24, 2.45) is 0 Å². The molecule has 2 aromatic rings. The number of carboxylic acids is 1. The van der Waals surface area contributed by atoms with Crippen LogP contribution in [0.15, 0.2) is 41.0 Å². The summed E-state index contributed by atoms with van der Waals surface area (Å²) in [6.45, 7) is 2.66. The minimum absolute atomic E-state index is 0.0279. The number of benzene rings is 1. The van der Waals surface area contributed by atoms with Crippen LogP contribution in [0.25, 0.3) is 0 Å². The van der Waals surface area contributed by atoms with Crippen LogP contribution in [-0.2, 0) is 17.8 Å². The van der Waals surface area contributed by atoms with E-state index in [1.54, 1.807) is 30.3 Å². The Bertz CT molecular complexity index is 662. The van der Waals surface area contributed by atoms with Crippen LogP contribution in [0.5, 0.6) is 0 Å². The minimum atomic E-state index is -0.877. The van der Waals surface area contributed by atoms with E-state index in [9.17, 15) is 9.59 Å². The van der Waals surface area contributed by atoms with E-state index in [4.69, 9.17) is 5.11 Å². The molecular formula is C15H15BrN2O3. The maximum Gasteiger partial charge on any atom is 0.307 e. The van der Waals surface area contributed by atoms with Crippen LogP contribution >= 0.6 is 15.9 Å². The average molecular weight is 351 g/mol. The summed E-state index contributed by atoms with van der Waals surface area (Å²) in [4.78, 5) is 22.8. The smallest absolute Gasteiger partial charge is 0.307 e. The number of amides is 1. The normalized spacial score (nSPS) is 10.4. The molecule has 0 radical (unpaired) electrons. The van der Waals surface area contributed by atoms with E-state index in [-0.39, 0.29) is 12.3 Å². The Morgan fingerprint density at radius 2 is 1.95 bits per heavy atom. The Balaban J connectivity index is 2.10. The van der Waals surface area contributed by atoms with Crippen molar-refractivity contribution in [2.45, 2.75) is 19.9 Å². The second-order valence-corrected chi connectivity index (χ2v) is 5.47. The van der Waals surface area contributed by atoms with Crippen LogP contribution in [0.3, 0.4) is 0 Å². The molecule has 1 heterocycles. The fraction of sp³-hybridized carbons (Fsp3) is 0.200. The van der Waals surface area contributed by atoms with Gasteiger partial charge < -0.3 is 15.0 Å². The van der Waals surface area contributed by atoms with Crippen LogP contribution in [0.4, 0.5) is 5.69 Å². The van der Waals surface area contributed by atoms with Gasteiger partial charge in [0.2, 0.25) is 0 Å². The van der Waals surface area contributed by atoms with E-state index in [0.29, 0.717) is 23.5 Å². The number of halogens is 1. The fourth-order valence-corrected chi connectivity index (χ4v) is 2.47. The van der Waals surface area contributed by atoms with Crippen LogP contribution in [0, 0.1) is 0 Å². The molecule has 5 nitrogen and oxygen atoms in total. The summed E-state index contributed by atoms with van der Waals surface area (Å²) in [5.41, 5.74) is 1.90. The molecular weight excluding hydrogens is 336 g/mol. The van der Waals surface area contributed by atoms with E-state index in [0.717, 1.165) is 4.47 Å². The molecule has 2 rings (SSSR count). The van der Waals surface area contributed by atoms with Crippen molar-refractivity contribution in [3.63, 3.8) is 0 Å². The van der Waals surface area contributed by atoms with Crippen LogP contribution in [0.2, 0.25) is 0 Å². The molecule has 0 aliphatic rings. The van der Waals surface area contributed by atoms with Crippen molar-refractivity contribution in [1.82, 2.24) is 4.57 Å². The summed E-state index contributed by atoms with van der Waals surface area (Å²) in [6.07, 6.45) is 1.82. The molecule has 6 heteroatoms. The number of aliphatic carboxylic acids is 1. The van der Waals surface area contributed by atoms with Gasteiger partial charge in [-0.3, -0.25) is 9.59 Å². The number of nitrogens with one attached hydrogen (secondary N) is 1. The first kappa shape index (κ1) is 15.3. The van der Waals surface area contributed by atoms with Gasteiger partial charge in [-0.15, -0.1) is 0 Å². The number of hydrogen-bond acceptors (Lipinski definition) is 2. The topological polar surface area (TPSA) is 71.3 Å². The minimum Gasteiger partial charge on any atom is -0.481 e. The van der Waals surface area contributed by atoms with Crippen molar-refractivity contribution >= 4 is 33.5 Å². The third kappa shape index (κ3) is 3.95. The van der Waals surface area contributed by atoms with Gasteiger partial charge >= 0.3 is 5.97 Å². The quantitative estimate of drug-likeness (QED) is 0.869. The number of carboxylic acid groups (broad SMARTS) is 1. The lowest BCUT2D eigenvalue weighted by molar-refractivity contribution is -0.136. The van der Waals surface area contributed by atoms with Gasteiger partial charge in [0.1, 0.15) is 5.69 Å². The van der Waals surface area contributed by atoms with Gasteiger partial charge in [0.05, 0.1) is 6.42 Å². The van der Waals surface area contributed by atoms with E-state index in [2.05, 4.69) is 21.2 Å². The highest BCUT2D eigenvalue weighted by Gasteiger charge is 2.12. The molecule has 0 fully saturated rings. The maximum atomic E-state index is 12.2. The van der Waals surface area contributed by atoms with Crippen LogP contribution in [-0.4, -0.2) is 21.6 Å². The predicted molar refractivity (Wildman–Crippen MR) is 83.5 cm³/mol. The van der Waals surface area contributed by atoms with Gasteiger partial charge in [-0.05, 0) is 46.6 Å². The largest absolute Gasteiger partial charge is 0.481 e. The summed E-state index contributed by atoms with van der Waals surface area (Å²) >= 11 is 3.35. The number of aromatic nitrogens is 1. The highest BCUT2D eigenvalue weighted by Crippen LogP contribution is 2.17. The number of nitrogens with zero attached hydrogens (tertiary/aromatic N) is 1. The zero-order valence-corrected chi connectivity index (χ0v) is 13.1. The highest BCUT2D eigenvalue weighted by molar-refractivity contribution is 9.10. The first-order chi connectivity index (χ1) is 9.99. The van der Waals surface area contributed by atoms with Crippen molar-refractivity contribution in [1.29, 1.82) is 0 Å². The first-order valence-corrected chi connectivity index (χ1v) is 7.26. The van der Waals surface area contributed by atoms with Crippen LogP contribution in [0.1, 0.15) is 23.0 Å². The van der Waals surface area contributed by atoms with E-state index in [1.165, 1.54) is 0 Å². The molecule has 1 aromatic heterocycles. The molecule has 0 atom stereocenters. The lowest BCUT2D eigenvalue weighted by Crippen LogP contribution is -2.16. The summed E-state index contributed by atoms with van der Waals surface area (Å²) in [5.74, 6) is -1.08. The summed E-state index contributed by atoms with van der Waals surface area (Å²) in [5, 5.41) is 11.5. The Hall–Kier alpha value is -2.08. The van der Waals surface area contributed by atoms with Gasteiger partial charge in [0.25, 0.3) is 5.91 Å². The SMILES string of the molecule is CCn1cc(Br)cc1C(=O)Nc1ccc(CC(=O)O)cc1. The zero-order valence-electron chi connectivity index (χ0n) is 11.5. The standard InChI is InChI=1S/C15H15BrN2O3/c1-2-18-9-11(16)8-13(18)15(21)17-12-5-3-10(4-6-12)7-14(19)20/h3-6,8-9H,2,7H2,1H3,(H,17,21)(H,19,20). The molecule has 0 aliphatic heterocycles. The Morgan fingerprint density at radius 1 is 1.29 bits per heavy atom. The molecule has 1 aromatic carbocycles. The Labute approximate surface area is 130 Å². The highest BCUT2D eigenvalue weighted by atomic mass is 79.9. The second kappa shape index (κ2) is 6.58. The molecule has 0 saturated heterocycles. The summed E-state index contributed by atoms with van der Waals surface area (Å²) < 4.78 is 2.70. The zero-order chi connectivity index (χ0) is 15.4. The Morgan fingerprint density at radius 3 is 2.52 bits per heavy atom. The Kier molecular flexibility index (Phi) is 4.80. The van der Waals surface area contributed by atoms with Gasteiger partial charge in [-0.1, -0.05) is 12.1 Å². The van der Waals surface area contributed by atoms with E-state index >= 15 is 0 Å². The lowest BCUT2D eigenvalue weighted by Gasteiger charge is -2.08. The number of anilines is 1. The number of carbonyl (C=O) groups excluding carboxylic acids is 1. The number of hydrogen-bond donors (Lipinski definition) is 2.